The lowest BCUT2D eigenvalue weighted by Gasteiger charge is -2.45. The van der Waals surface area contributed by atoms with Crippen LogP contribution in [0.25, 0.3) is 0 Å². The standard InChI is InChI=1S/C24H32N4O/c1-3-27-12-14-28(15-13-27)24(17-20-8-4-5-9-21(20)18-24)23(29)26-19(2)16-22-10-6-7-11-25-22/h4-11,19H,3,12-18H2,1-2H3,(H,26,29)/t19-/m0/s1. The van der Waals surface area contributed by atoms with Crippen molar-refractivity contribution in [1.29, 1.82) is 0 Å². The highest BCUT2D eigenvalue weighted by atomic mass is 16.2. The number of carbonyl (C=O) groups excluding carboxylic acids is 1. The molecule has 1 aromatic carbocycles. The van der Waals surface area contributed by atoms with Crippen LogP contribution in [-0.2, 0) is 24.1 Å². The molecule has 0 bridgehead atoms. The summed E-state index contributed by atoms with van der Waals surface area (Å²) >= 11 is 0. The van der Waals surface area contributed by atoms with Crippen LogP contribution in [-0.4, -0.2) is 65.0 Å². The third-order valence-corrected chi connectivity index (χ3v) is 6.55. The summed E-state index contributed by atoms with van der Waals surface area (Å²) in [5.74, 6) is 0.169. The Hall–Kier alpha value is -2.24. The average molecular weight is 393 g/mol. The number of nitrogens with zero attached hydrogens (tertiary/aromatic N) is 3. The monoisotopic (exact) mass is 392 g/mol. The Morgan fingerprint density at radius 2 is 1.72 bits per heavy atom. The third kappa shape index (κ3) is 4.21. The summed E-state index contributed by atoms with van der Waals surface area (Å²) in [7, 11) is 0. The Labute approximate surface area is 174 Å². The van der Waals surface area contributed by atoms with E-state index >= 15 is 0 Å². The zero-order valence-corrected chi connectivity index (χ0v) is 17.6. The van der Waals surface area contributed by atoms with Crippen molar-refractivity contribution in [2.75, 3.05) is 32.7 Å². The summed E-state index contributed by atoms with van der Waals surface area (Å²) in [6.45, 7) is 9.33. The van der Waals surface area contributed by atoms with Gasteiger partial charge in [0.25, 0.3) is 0 Å². The average Bonchev–Trinajstić information content (AvgIpc) is 3.15. The van der Waals surface area contributed by atoms with Gasteiger partial charge in [0.05, 0.1) is 0 Å². The number of benzene rings is 1. The maximum atomic E-state index is 13.7. The molecular formula is C24H32N4O. The van der Waals surface area contributed by atoms with Crippen molar-refractivity contribution >= 4 is 5.91 Å². The van der Waals surface area contributed by atoms with Crippen LogP contribution in [0.1, 0.15) is 30.7 Å². The van der Waals surface area contributed by atoms with E-state index in [-0.39, 0.29) is 11.9 Å². The zero-order valence-electron chi connectivity index (χ0n) is 17.6. The number of hydrogen-bond donors (Lipinski definition) is 1. The molecule has 1 aliphatic carbocycles. The van der Waals surface area contributed by atoms with Crippen LogP contribution >= 0.6 is 0 Å². The molecule has 1 atom stereocenters. The van der Waals surface area contributed by atoms with Crippen LogP contribution in [0.3, 0.4) is 0 Å². The Morgan fingerprint density at radius 3 is 2.31 bits per heavy atom. The Kier molecular flexibility index (Phi) is 5.97. The molecule has 0 unspecified atom stereocenters. The Bertz CT molecular complexity index is 805. The molecule has 1 amide bonds. The molecule has 5 heteroatoms. The van der Waals surface area contributed by atoms with Crippen LogP contribution in [0, 0.1) is 0 Å². The maximum Gasteiger partial charge on any atom is 0.241 e. The summed E-state index contributed by atoms with van der Waals surface area (Å²) in [5.41, 5.74) is 3.18. The number of nitrogens with one attached hydrogen (secondary N) is 1. The molecule has 0 spiro atoms. The first-order valence-electron chi connectivity index (χ1n) is 10.9. The fourth-order valence-corrected chi connectivity index (χ4v) is 4.86. The molecule has 0 saturated carbocycles. The number of piperazine rings is 1. The smallest absolute Gasteiger partial charge is 0.241 e. The molecule has 2 heterocycles. The van der Waals surface area contributed by atoms with Gasteiger partial charge in [-0.2, -0.15) is 0 Å². The predicted molar refractivity (Wildman–Crippen MR) is 116 cm³/mol. The van der Waals surface area contributed by atoms with Gasteiger partial charge in [-0.1, -0.05) is 37.3 Å². The second kappa shape index (κ2) is 8.64. The number of fused-ring (bicyclic) bond motifs is 1. The molecule has 29 heavy (non-hydrogen) atoms. The van der Waals surface area contributed by atoms with Gasteiger partial charge in [-0.25, -0.2) is 0 Å². The number of aromatic nitrogens is 1. The molecule has 5 nitrogen and oxygen atoms in total. The van der Waals surface area contributed by atoms with Crippen LogP contribution in [0.4, 0.5) is 0 Å². The summed E-state index contributed by atoms with van der Waals surface area (Å²) in [6, 6.07) is 14.5. The van der Waals surface area contributed by atoms with Gasteiger partial charge in [0.2, 0.25) is 5.91 Å². The third-order valence-electron chi connectivity index (χ3n) is 6.55. The van der Waals surface area contributed by atoms with Crippen molar-refractivity contribution in [2.45, 2.75) is 44.7 Å². The highest BCUT2D eigenvalue weighted by Gasteiger charge is 2.49. The SMILES string of the molecule is CCN1CCN(C2(C(=O)N[C@@H](C)Cc3ccccn3)Cc3ccccc3C2)CC1. The van der Waals surface area contributed by atoms with E-state index in [1.165, 1.54) is 11.1 Å². The molecule has 1 saturated heterocycles. The van der Waals surface area contributed by atoms with Gasteiger partial charge >= 0.3 is 0 Å². The zero-order chi connectivity index (χ0) is 20.3. The Balaban J connectivity index is 1.52. The lowest BCUT2D eigenvalue weighted by atomic mass is 9.90. The maximum absolute atomic E-state index is 13.7. The van der Waals surface area contributed by atoms with Crippen LogP contribution in [0.2, 0.25) is 0 Å². The number of rotatable bonds is 6. The van der Waals surface area contributed by atoms with Crippen molar-refractivity contribution < 1.29 is 4.79 Å². The van der Waals surface area contributed by atoms with Crippen LogP contribution < -0.4 is 5.32 Å². The van der Waals surface area contributed by atoms with Gasteiger partial charge in [-0.15, -0.1) is 0 Å². The fraction of sp³-hybridized carbons (Fsp3) is 0.500. The predicted octanol–water partition coefficient (Wildman–Crippen LogP) is 2.30. The van der Waals surface area contributed by atoms with E-state index in [0.717, 1.165) is 57.7 Å². The van der Waals surface area contributed by atoms with Crippen LogP contribution in [0.5, 0.6) is 0 Å². The number of carbonyl (C=O) groups is 1. The number of amides is 1. The first-order chi connectivity index (χ1) is 14.1. The van der Waals surface area contributed by atoms with Gasteiger partial charge in [-0.05, 0) is 36.7 Å². The second-order valence-electron chi connectivity index (χ2n) is 8.47. The van der Waals surface area contributed by atoms with Gasteiger partial charge in [-0.3, -0.25) is 14.7 Å². The van der Waals surface area contributed by atoms with E-state index in [0.29, 0.717) is 0 Å². The molecule has 1 aliphatic heterocycles. The van der Waals surface area contributed by atoms with Crippen LogP contribution in [0.15, 0.2) is 48.7 Å². The summed E-state index contributed by atoms with van der Waals surface area (Å²) < 4.78 is 0. The van der Waals surface area contributed by atoms with E-state index in [1.54, 1.807) is 0 Å². The number of likely N-dealkylation sites (N-methyl/N-ethyl adjacent to an activating group) is 1. The molecular weight excluding hydrogens is 360 g/mol. The largest absolute Gasteiger partial charge is 0.352 e. The highest BCUT2D eigenvalue weighted by Crippen LogP contribution is 2.36. The summed E-state index contributed by atoms with van der Waals surface area (Å²) in [4.78, 5) is 23.0. The quantitative estimate of drug-likeness (QED) is 0.820. The van der Waals surface area contributed by atoms with Crippen molar-refractivity contribution in [1.82, 2.24) is 20.1 Å². The van der Waals surface area contributed by atoms with E-state index in [1.807, 2.05) is 24.4 Å². The summed E-state index contributed by atoms with van der Waals surface area (Å²) in [5, 5.41) is 3.33. The molecule has 2 aliphatic rings. The first-order valence-corrected chi connectivity index (χ1v) is 10.9. The molecule has 2 aromatic rings. The van der Waals surface area contributed by atoms with Gasteiger partial charge in [0.1, 0.15) is 5.54 Å². The van der Waals surface area contributed by atoms with Crippen molar-refractivity contribution in [3.05, 3.63) is 65.5 Å². The molecule has 154 valence electrons. The molecule has 0 radical (unpaired) electrons. The van der Waals surface area contributed by atoms with Crippen molar-refractivity contribution in [3.8, 4) is 0 Å². The fourth-order valence-electron chi connectivity index (χ4n) is 4.86. The number of pyridine rings is 1. The lowest BCUT2D eigenvalue weighted by molar-refractivity contribution is -0.135. The van der Waals surface area contributed by atoms with E-state index < -0.39 is 5.54 Å². The highest BCUT2D eigenvalue weighted by molar-refractivity contribution is 5.88. The first kappa shape index (κ1) is 20.0. The topological polar surface area (TPSA) is 48.5 Å². The molecule has 1 fully saturated rings. The molecule has 4 rings (SSSR count). The van der Waals surface area contributed by atoms with Gasteiger partial charge in [0.15, 0.2) is 0 Å². The summed E-state index contributed by atoms with van der Waals surface area (Å²) in [6.07, 6.45) is 4.17. The van der Waals surface area contributed by atoms with E-state index in [4.69, 9.17) is 0 Å². The van der Waals surface area contributed by atoms with Crippen molar-refractivity contribution in [2.24, 2.45) is 0 Å². The Morgan fingerprint density at radius 1 is 1.07 bits per heavy atom. The normalized spacial score (nSPS) is 20.2. The van der Waals surface area contributed by atoms with Crippen molar-refractivity contribution in [3.63, 3.8) is 0 Å². The minimum atomic E-state index is -0.470. The molecule has 1 N–H and O–H groups in total. The molecule has 1 aromatic heterocycles. The van der Waals surface area contributed by atoms with E-state index in [2.05, 4.69) is 58.2 Å². The van der Waals surface area contributed by atoms with E-state index in [9.17, 15) is 4.79 Å². The minimum Gasteiger partial charge on any atom is -0.352 e. The van der Waals surface area contributed by atoms with Gasteiger partial charge in [0, 0.05) is 63.4 Å². The second-order valence-corrected chi connectivity index (χ2v) is 8.47. The van der Waals surface area contributed by atoms with Gasteiger partial charge < -0.3 is 10.2 Å². The lowest BCUT2D eigenvalue weighted by Crippen LogP contribution is -2.65. The minimum absolute atomic E-state index is 0.0509. The number of hydrogen-bond acceptors (Lipinski definition) is 4.